The summed E-state index contributed by atoms with van der Waals surface area (Å²) in [7, 11) is -3.39. The maximum absolute atomic E-state index is 12.8. The summed E-state index contributed by atoms with van der Waals surface area (Å²) < 4.78 is 32.9. The summed E-state index contributed by atoms with van der Waals surface area (Å²) >= 11 is 0. The van der Waals surface area contributed by atoms with E-state index in [4.69, 9.17) is 4.74 Å². The number of benzene rings is 1. The molecule has 0 aromatic heterocycles. The Hall–Kier alpha value is -0.910. The molecule has 0 N–H and O–H groups in total. The SMILES string of the molecule is Cc1ccc(C)c(S(=O)(=O)N2CCC(OC(C)C)CC2)c1. The fourth-order valence-electron chi connectivity index (χ4n) is 2.72. The molecule has 0 unspecified atom stereocenters. The Bertz CT molecular complexity index is 588. The zero-order valence-corrected chi connectivity index (χ0v) is 14.1. The number of piperidine rings is 1. The van der Waals surface area contributed by atoms with Crippen molar-refractivity contribution >= 4 is 10.0 Å². The van der Waals surface area contributed by atoms with E-state index in [0.29, 0.717) is 18.0 Å². The predicted molar refractivity (Wildman–Crippen MR) is 83.9 cm³/mol. The van der Waals surface area contributed by atoms with Crippen molar-refractivity contribution in [2.45, 2.75) is 57.6 Å². The third-order valence-electron chi connectivity index (χ3n) is 3.83. The highest BCUT2D eigenvalue weighted by Crippen LogP contribution is 2.25. The maximum Gasteiger partial charge on any atom is 0.243 e. The van der Waals surface area contributed by atoms with Gasteiger partial charge in [0.25, 0.3) is 0 Å². The van der Waals surface area contributed by atoms with Crippen LogP contribution in [0.5, 0.6) is 0 Å². The van der Waals surface area contributed by atoms with E-state index < -0.39 is 10.0 Å². The highest BCUT2D eigenvalue weighted by atomic mass is 32.2. The van der Waals surface area contributed by atoms with Crippen LogP contribution in [0.3, 0.4) is 0 Å². The fraction of sp³-hybridized carbons (Fsp3) is 0.625. The highest BCUT2D eigenvalue weighted by molar-refractivity contribution is 7.89. The topological polar surface area (TPSA) is 46.6 Å². The molecular weight excluding hydrogens is 286 g/mol. The first-order valence-corrected chi connectivity index (χ1v) is 8.97. The van der Waals surface area contributed by atoms with Crippen LogP contribution in [0.1, 0.15) is 37.8 Å². The van der Waals surface area contributed by atoms with Gasteiger partial charge in [0.2, 0.25) is 10.0 Å². The lowest BCUT2D eigenvalue weighted by atomic mass is 10.1. The van der Waals surface area contributed by atoms with Gasteiger partial charge in [-0.05, 0) is 57.7 Å². The van der Waals surface area contributed by atoms with Crippen LogP contribution >= 0.6 is 0 Å². The molecule has 1 aliphatic heterocycles. The summed E-state index contributed by atoms with van der Waals surface area (Å²) in [6, 6.07) is 5.58. The van der Waals surface area contributed by atoms with Crippen LogP contribution in [-0.2, 0) is 14.8 Å². The summed E-state index contributed by atoms with van der Waals surface area (Å²) in [5.41, 5.74) is 1.78. The molecule has 5 heteroatoms. The number of hydrogen-bond donors (Lipinski definition) is 0. The smallest absolute Gasteiger partial charge is 0.243 e. The lowest BCUT2D eigenvalue weighted by Crippen LogP contribution is -2.41. The zero-order valence-electron chi connectivity index (χ0n) is 13.3. The number of aryl methyl sites for hydroxylation is 2. The summed E-state index contributed by atoms with van der Waals surface area (Å²) in [5.74, 6) is 0. The van der Waals surface area contributed by atoms with E-state index in [1.54, 1.807) is 10.4 Å². The lowest BCUT2D eigenvalue weighted by molar-refractivity contribution is -0.0168. The van der Waals surface area contributed by atoms with E-state index in [1.807, 2.05) is 39.8 Å². The van der Waals surface area contributed by atoms with Crippen LogP contribution < -0.4 is 0 Å². The van der Waals surface area contributed by atoms with E-state index in [0.717, 1.165) is 24.0 Å². The van der Waals surface area contributed by atoms with Gasteiger partial charge in [0.15, 0.2) is 0 Å². The minimum Gasteiger partial charge on any atom is -0.375 e. The average Bonchev–Trinajstić information content (AvgIpc) is 2.41. The monoisotopic (exact) mass is 311 g/mol. The van der Waals surface area contributed by atoms with Crippen LogP contribution in [0.4, 0.5) is 0 Å². The van der Waals surface area contributed by atoms with Crippen LogP contribution in [0.25, 0.3) is 0 Å². The van der Waals surface area contributed by atoms with Crippen molar-refractivity contribution in [1.82, 2.24) is 4.31 Å². The molecule has 0 saturated carbocycles. The van der Waals surface area contributed by atoms with Crippen molar-refractivity contribution in [3.8, 4) is 0 Å². The molecule has 1 aromatic carbocycles. The van der Waals surface area contributed by atoms with Crippen molar-refractivity contribution in [2.24, 2.45) is 0 Å². The highest BCUT2D eigenvalue weighted by Gasteiger charge is 2.30. The number of ether oxygens (including phenoxy) is 1. The average molecular weight is 311 g/mol. The number of hydrogen-bond acceptors (Lipinski definition) is 3. The number of rotatable bonds is 4. The van der Waals surface area contributed by atoms with E-state index in [9.17, 15) is 8.42 Å². The number of sulfonamides is 1. The lowest BCUT2D eigenvalue weighted by Gasteiger charge is -2.32. The quantitative estimate of drug-likeness (QED) is 0.859. The van der Waals surface area contributed by atoms with Gasteiger partial charge in [-0.2, -0.15) is 4.31 Å². The molecule has 0 bridgehead atoms. The normalized spacial score (nSPS) is 18.3. The van der Waals surface area contributed by atoms with Crippen LogP contribution in [0.2, 0.25) is 0 Å². The number of nitrogens with zero attached hydrogens (tertiary/aromatic N) is 1. The molecule has 0 spiro atoms. The zero-order chi connectivity index (χ0) is 15.6. The second kappa shape index (κ2) is 6.46. The van der Waals surface area contributed by atoms with Gasteiger partial charge in [0.1, 0.15) is 0 Å². The van der Waals surface area contributed by atoms with Gasteiger partial charge in [-0.15, -0.1) is 0 Å². The molecule has 0 amide bonds. The van der Waals surface area contributed by atoms with Gasteiger partial charge >= 0.3 is 0 Å². The van der Waals surface area contributed by atoms with Crippen LogP contribution in [0, 0.1) is 13.8 Å². The summed E-state index contributed by atoms with van der Waals surface area (Å²) in [4.78, 5) is 0.436. The standard InChI is InChI=1S/C16H25NO3S/c1-12(2)20-15-7-9-17(10-8-15)21(18,19)16-11-13(3)5-6-14(16)4/h5-6,11-12,15H,7-10H2,1-4H3. The third kappa shape index (κ3) is 3.84. The molecule has 4 nitrogen and oxygen atoms in total. The van der Waals surface area contributed by atoms with Gasteiger partial charge in [-0.3, -0.25) is 0 Å². The van der Waals surface area contributed by atoms with Gasteiger partial charge in [-0.1, -0.05) is 12.1 Å². The molecule has 0 atom stereocenters. The maximum atomic E-state index is 12.8. The Morgan fingerprint density at radius 1 is 1.19 bits per heavy atom. The molecule has 1 fully saturated rings. The van der Waals surface area contributed by atoms with E-state index in [2.05, 4.69) is 0 Å². The Kier molecular flexibility index (Phi) is 5.07. The van der Waals surface area contributed by atoms with Gasteiger partial charge in [0, 0.05) is 13.1 Å². The van der Waals surface area contributed by atoms with Gasteiger partial charge in [0.05, 0.1) is 17.1 Å². The van der Waals surface area contributed by atoms with E-state index in [-0.39, 0.29) is 12.2 Å². The Labute approximate surface area is 128 Å². The van der Waals surface area contributed by atoms with Crippen molar-refractivity contribution in [3.05, 3.63) is 29.3 Å². The van der Waals surface area contributed by atoms with E-state index in [1.165, 1.54) is 0 Å². The molecule has 118 valence electrons. The van der Waals surface area contributed by atoms with Crippen molar-refractivity contribution < 1.29 is 13.2 Å². The Morgan fingerprint density at radius 3 is 2.38 bits per heavy atom. The molecule has 1 heterocycles. The Balaban J connectivity index is 2.13. The van der Waals surface area contributed by atoms with Crippen molar-refractivity contribution in [2.75, 3.05) is 13.1 Å². The molecule has 0 aliphatic carbocycles. The molecule has 21 heavy (non-hydrogen) atoms. The first-order valence-electron chi connectivity index (χ1n) is 7.53. The molecule has 1 saturated heterocycles. The minimum atomic E-state index is -3.39. The summed E-state index contributed by atoms with van der Waals surface area (Å²) in [5, 5.41) is 0. The second-order valence-electron chi connectivity index (χ2n) is 6.06. The third-order valence-corrected chi connectivity index (χ3v) is 5.87. The molecule has 0 radical (unpaired) electrons. The first kappa shape index (κ1) is 16.5. The van der Waals surface area contributed by atoms with Crippen LogP contribution in [-0.4, -0.2) is 38.0 Å². The largest absolute Gasteiger partial charge is 0.375 e. The fourth-order valence-corrected chi connectivity index (χ4v) is 4.50. The van der Waals surface area contributed by atoms with Crippen molar-refractivity contribution in [3.63, 3.8) is 0 Å². The molecule has 1 aromatic rings. The molecular formula is C16H25NO3S. The van der Waals surface area contributed by atoms with Crippen molar-refractivity contribution in [1.29, 1.82) is 0 Å². The summed E-state index contributed by atoms with van der Waals surface area (Å²) in [6.07, 6.45) is 1.90. The molecule has 2 rings (SSSR count). The van der Waals surface area contributed by atoms with Crippen LogP contribution in [0.15, 0.2) is 23.1 Å². The Morgan fingerprint density at radius 2 is 1.81 bits per heavy atom. The summed E-state index contributed by atoms with van der Waals surface area (Å²) in [6.45, 7) is 8.86. The first-order chi connectivity index (χ1) is 9.80. The predicted octanol–water partition coefficient (Wildman–Crippen LogP) is 2.88. The van der Waals surface area contributed by atoms with Gasteiger partial charge in [-0.25, -0.2) is 8.42 Å². The second-order valence-corrected chi connectivity index (χ2v) is 7.96. The van der Waals surface area contributed by atoms with E-state index >= 15 is 0 Å². The van der Waals surface area contributed by atoms with Gasteiger partial charge < -0.3 is 4.74 Å². The molecule has 1 aliphatic rings. The minimum absolute atomic E-state index is 0.176.